The first-order valence-electron chi connectivity index (χ1n) is 7.54. The van der Waals surface area contributed by atoms with Gasteiger partial charge in [0.2, 0.25) is 0 Å². The van der Waals surface area contributed by atoms with Crippen molar-refractivity contribution in [1.29, 1.82) is 0 Å². The molecule has 4 nitrogen and oxygen atoms in total. The molecule has 0 unspecified atom stereocenters. The molecule has 1 aromatic heterocycles. The molecule has 0 radical (unpaired) electrons. The Morgan fingerprint density at radius 2 is 1.77 bits per heavy atom. The number of β-amino-alcohol motifs (C(OH)–C–C–N with tert-alkyl or cyclic N) is 1. The van der Waals surface area contributed by atoms with Crippen LogP contribution in [0.5, 0.6) is 0 Å². The van der Waals surface area contributed by atoms with Gasteiger partial charge >= 0.3 is 0 Å². The molecule has 1 atom stereocenters. The Labute approximate surface area is 136 Å². The van der Waals surface area contributed by atoms with Gasteiger partial charge in [0.15, 0.2) is 0 Å². The molecule has 0 spiro atoms. The summed E-state index contributed by atoms with van der Waals surface area (Å²) in [4.78, 5) is 8.96. The minimum absolute atomic E-state index is 0.473. The van der Waals surface area contributed by atoms with E-state index in [2.05, 4.69) is 14.8 Å². The van der Waals surface area contributed by atoms with E-state index in [1.165, 1.54) is 0 Å². The van der Waals surface area contributed by atoms with Crippen molar-refractivity contribution in [2.24, 2.45) is 0 Å². The van der Waals surface area contributed by atoms with E-state index in [1.54, 1.807) is 0 Å². The number of halogens is 1. The highest BCUT2D eigenvalue weighted by molar-refractivity contribution is 6.30. The van der Waals surface area contributed by atoms with Gasteiger partial charge in [-0.15, -0.1) is 0 Å². The summed E-state index contributed by atoms with van der Waals surface area (Å²) in [5.74, 6) is 1.03. The number of aromatic nitrogens is 1. The van der Waals surface area contributed by atoms with Crippen molar-refractivity contribution in [3.8, 4) is 0 Å². The first-order chi connectivity index (χ1) is 10.7. The van der Waals surface area contributed by atoms with Crippen LogP contribution in [0.1, 0.15) is 11.7 Å². The van der Waals surface area contributed by atoms with Crippen molar-refractivity contribution >= 4 is 17.4 Å². The molecule has 0 amide bonds. The predicted molar refractivity (Wildman–Crippen MR) is 89.3 cm³/mol. The third-order valence-electron chi connectivity index (χ3n) is 4.03. The molecule has 0 aliphatic carbocycles. The summed E-state index contributed by atoms with van der Waals surface area (Å²) >= 11 is 5.88. The van der Waals surface area contributed by atoms with Crippen molar-refractivity contribution in [2.45, 2.75) is 6.10 Å². The average molecular weight is 318 g/mol. The number of benzene rings is 1. The van der Waals surface area contributed by atoms with Gasteiger partial charge in [0.25, 0.3) is 0 Å². The Hall–Kier alpha value is -1.62. The molecular weight excluding hydrogens is 298 g/mol. The number of aliphatic hydroxyl groups is 1. The first kappa shape index (κ1) is 15.3. The van der Waals surface area contributed by atoms with Crippen LogP contribution in [0.25, 0.3) is 0 Å². The molecule has 1 fully saturated rings. The number of piperazine rings is 1. The fourth-order valence-electron chi connectivity index (χ4n) is 2.74. The third-order valence-corrected chi connectivity index (χ3v) is 4.28. The summed E-state index contributed by atoms with van der Waals surface area (Å²) in [6.45, 7) is 4.38. The van der Waals surface area contributed by atoms with Gasteiger partial charge in [0.05, 0.1) is 6.10 Å². The Bertz CT molecular complexity index is 583. The Balaban J connectivity index is 1.52. The lowest BCUT2D eigenvalue weighted by Crippen LogP contribution is -2.47. The summed E-state index contributed by atoms with van der Waals surface area (Å²) < 4.78 is 0. The largest absolute Gasteiger partial charge is 0.387 e. The smallest absolute Gasteiger partial charge is 0.128 e. The zero-order valence-corrected chi connectivity index (χ0v) is 13.2. The van der Waals surface area contributed by atoms with Crippen LogP contribution >= 0.6 is 11.6 Å². The fraction of sp³-hybridized carbons (Fsp3) is 0.353. The second kappa shape index (κ2) is 7.09. The van der Waals surface area contributed by atoms with Gasteiger partial charge in [0.1, 0.15) is 5.82 Å². The van der Waals surface area contributed by atoms with E-state index in [0.717, 1.165) is 37.6 Å². The SMILES string of the molecule is O[C@H](CN1CCN(c2ccccn2)CC1)c1ccc(Cl)cc1. The van der Waals surface area contributed by atoms with Crippen LogP contribution in [-0.2, 0) is 0 Å². The number of pyridine rings is 1. The second-order valence-corrected chi connectivity index (χ2v) is 5.98. The number of aliphatic hydroxyl groups excluding tert-OH is 1. The molecule has 1 aliphatic heterocycles. The zero-order chi connectivity index (χ0) is 15.4. The molecule has 1 saturated heterocycles. The Morgan fingerprint density at radius 3 is 2.41 bits per heavy atom. The lowest BCUT2D eigenvalue weighted by atomic mass is 10.1. The molecule has 1 aromatic carbocycles. The highest BCUT2D eigenvalue weighted by Gasteiger charge is 2.20. The van der Waals surface area contributed by atoms with E-state index in [1.807, 2.05) is 48.7 Å². The number of hydrogen-bond donors (Lipinski definition) is 1. The van der Waals surface area contributed by atoms with E-state index < -0.39 is 6.10 Å². The molecule has 22 heavy (non-hydrogen) atoms. The molecule has 0 bridgehead atoms. The van der Waals surface area contributed by atoms with E-state index in [-0.39, 0.29) is 0 Å². The maximum atomic E-state index is 10.3. The van der Waals surface area contributed by atoms with Crippen molar-refractivity contribution in [2.75, 3.05) is 37.6 Å². The lowest BCUT2D eigenvalue weighted by molar-refractivity contribution is 0.109. The maximum absolute atomic E-state index is 10.3. The molecule has 116 valence electrons. The van der Waals surface area contributed by atoms with Crippen LogP contribution in [-0.4, -0.2) is 47.7 Å². The lowest BCUT2D eigenvalue weighted by Gasteiger charge is -2.36. The summed E-state index contributed by atoms with van der Waals surface area (Å²) in [5, 5.41) is 11.0. The topological polar surface area (TPSA) is 39.6 Å². The van der Waals surface area contributed by atoms with Gasteiger partial charge < -0.3 is 10.0 Å². The third kappa shape index (κ3) is 3.77. The highest BCUT2D eigenvalue weighted by atomic mass is 35.5. The highest BCUT2D eigenvalue weighted by Crippen LogP contribution is 2.19. The van der Waals surface area contributed by atoms with Crippen molar-refractivity contribution in [3.05, 3.63) is 59.2 Å². The van der Waals surface area contributed by atoms with Gasteiger partial charge in [-0.05, 0) is 29.8 Å². The predicted octanol–water partition coefficient (Wildman–Crippen LogP) is 2.59. The van der Waals surface area contributed by atoms with Crippen LogP contribution in [0.4, 0.5) is 5.82 Å². The summed E-state index contributed by atoms with van der Waals surface area (Å²) in [5.41, 5.74) is 0.913. The fourth-order valence-corrected chi connectivity index (χ4v) is 2.86. The van der Waals surface area contributed by atoms with Crippen LogP contribution in [0.3, 0.4) is 0 Å². The number of anilines is 1. The van der Waals surface area contributed by atoms with Crippen LogP contribution in [0.2, 0.25) is 5.02 Å². The van der Waals surface area contributed by atoms with Crippen LogP contribution in [0, 0.1) is 0 Å². The van der Waals surface area contributed by atoms with Gasteiger partial charge in [-0.1, -0.05) is 29.8 Å². The first-order valence-corrected chi connectivity index (χ1v) is 7.92. The molecule has 1 N–H and O–H groups in total. The summed E-state index contributed by atoms with van der Waals surface area (Å²) in [6, 6.07) is 13.4. The minimum atomic E-state index is -0.473. The van der Waals surface area contributed by atoms with Crippen molar-refractivity contribution in [1.82, 2.24) is 9.88 Å². The molecule has 0 saturated carbocycles. The minimum Gasteiger partial charge on any atom is -0.387 e. The Morgan fingerprint density at radius 1 is 1.05 bits per heavy atom. The van der Waals surface area contributed by atoms with E-state index >= 15 is 0 Å². The quantitative estimate of drug-likeness (QED) is 0.941. The molecule has 2 aromatic rings. The zero-order valence-electron chi connectivity index (χ0n) is 12.4. The summed E-state index contributed by atoms with van der Waals surface area (Å²) in [6.07, 6.45) is 1.35. The monoisotopic (exact) mass is 317 g/mol. The van der Waals surface area contributed by atoms with Gasteiger partial charge in [-0.2, -0.15) is 0 Å². The average Bonchev–Trinajstić information content (AvgIpc) is 2.57. The standard InChI is InChI=1S/C17H20ClN3O/c18-15-6-4-14(5-7-15)16(22)13-20-9-11-21(12-10-20)17-3-1-2-8-19-17/h1-8,16,22H,9-13H2/t16-/m1/s1. The molecular formula is C17H20ClN3O. The van der Waals surface area contributed by atoms with Crippen molar-refractivity contribution in [3.63, 3.8) is 0 Å². The molecule has 5 heteroatoms. The number of rotatable bonds is 4. The summed E-state index contributed by atoms with van der Waals surface area (Å²) in [7, 11) is 0. The van der Waals surface area contributed by atoms with Crippen molar-refractivity contribution < 1.29 is 5.11 Å². The van der Waals surface area contributed by atoms with Gasteiger partial charge in [-0.25, -0.2) is 4.98 Å². The molecule has 2 heterocycles. The molecule has 1 aliphatic rings. The number of hydrogen-bond acceptors (Lipinski definition) is 4. The van der Waals surface area contributed by atoms with Gasteiger partial charge in [-0.3, -0.25) is 4.90 Å². The number of nitrogens with zero attached hydrogens (tertiary/aromatic N) is 3. The second-order valence-electron chi connectivity index (χ2n) is 5.54. The van der Waals surface area contributed by atoms with E-state index in [4.69, 9.17) is 11.6 Å². The van der Waals surface area contributed by atoms with Crippen LogP contribution < -0.4 is 4.90 Å². The normalized spacial score (nSPS) is 17.5. The van der Waals surface area contributed by atoms with Crippen LogP contribution in [0.15, 0.2) is 48.7 Å². The van der Waals surface area contributed by atoms with E-state index in [0.29, 0.717) is 11.6 Å². The van der Waals surface area contributed by atoms with Gasteiger partial charge in [0, 0.05) is 43.9 Å². The van der Waals surface area contributed by atoms with E-state index in [9.17, 15) is 5.11 Å². The molecule has 3 rings (SSSR count). The Kier molecular flexibility index (Phi) is 4.93. The maximum Gasteiger partial charge on any atom is 0.128 e.